The van der Waals surface area contributed by atoms with E-state index in [-0.39, 0.29) is 23.7 Å². The third kappa shape index (κ3) is 3.37. The van der Waals surface area contributed by atoms with Crippen molar-refractivity contribution in [1.29, 1.82) is 0 Å². The molecule has 1 aliphatic heterocycles. The number of halogens is 1. The van der Waals surface area contributed by atoms with Crippen molar-refractivity contribution in [2.75, 3.05) is 13.1 Å². The second kappa shape index (κ2) is 6.84. The molecule has 2 rings (SSSR count). The highest BCUT2D eigenvalue weighted by molar-refractivity contribution is 5.79. The van der Waals surface area contributed by atoms with E-state index in [1.54, 1.807) is 12.1 Å². The summed E-state index contributed by atoms with van der Waals surface area (Å²) < 4.78 is 13.5. The summed E-state index contributed by atoms with van der Waals surface area (Å²) in [6, 6.07) is 6.95. The molecule has 1 aromatic rings. The van der Waals surface area contributed by atoms with Gasteiger partial charge in [-0.3, -0.25) is 4.79 Å². The summed E-state index contributed by atoms with van der Waals surface area (Å²) in [6.07, 6.45) is 3.31. The van der Waals surface area contributed by atoms with Crippen LogP contribution in [-0.4, -0.2) is 29.9 Å². The van der Waals surface area contributed by atoms with Crippen LogP contribution in [0.25, 0.3) is 0 Å². The summed E-state index contributed by atoms with van der Waals surface area (Å²) >= 11 is 0. The standard InChI is InChI=1S/C16H23FN2O/c1-12(8-9-13-5-2-3-7-15(13)17)16(20)19-10-4-6-14(19)11-18/h2-3,5,7,12,14H,4,6,8-11,18H2,1H3/t12-,14+/m1/s1. The Hall–Kier alpha value is -1.42. The predicted molar refractivity (Wildman–Crippen MR) is 77.7 cm³/mol. The first-order chi connectivity index (χ1) is 9.63. The number of aryl methyl sites for hydroxylation is 1. The van der Waals surface area contributed by atoms with E-state index in [9.17, 15) is 9.18 Å². The van der Waals surface area contributed by atoms with Gasteiger partial charge in [0, 0.05) is 25.0 Å². The van der Waals surface area contributed by atoms with Crippen molar-refractivity contribution < 1.29 is 9.18 Å². The normalized spacial score (nSPS) is 20.1. The quantitative estimate of drug-likeness (QED) is 0.898. The Morgan fingerprint density at radius 1 is 1.50 bits per heavy atom. The summed E-state index contributed by atoms with van der Waals surface area (Å²) in [5, 5.41) is 0. The monoisotopic (exact) mass is 278 g/mol. The Morgan fingerprint density at radius 3 is 2.95 bits per heavy atom. The van der Waals surface area contributed by atoms with Gasteiger partial charge in [0.2, 0.25) is 5.91 Å². The Balaban J connectivity index is 1.90. The highest BCUT2D eigenvalue weighted by atomic mass is 19.1. The molecular weight excluding hydrogens is 255 g/mol. The van der Waals surface area contributed by atoms with Crippen molar-refractivity contribution in [2.24, 2.45) is 11.7 Å². The number of hydrogen-bond donors (Lipinski definition) is 1. The lowest BCUT2D eigenvalue weighted by molar-refractivity contribution is -0.135. The molecule has 0 saturated carbocycles. The van der Waals surface area contributed by atoms with Crippen LogP contribution in [0.2, 0.25) is 0 Å². The molecule has 110 valence electrons. The van der Waals surface area contributed by atoms with Crippen molar-refractivity contribution in [3.63, 3.8) is 0 Å². The first-order valence-corrected chi connectivity index (χ1v) is 7.37. The molecule has 3 nitrogen and oxygen atoms in total. The number of nitrogens with zero attached hydrogens (tertiary/aromatic N) is 1. The molecule has 1 aliphatic rings. The SMILES string of the molecule is C[C@H](CCc1ccccc1F)C(=O)N1CCC[C@H]1CN. The van der Waals surface area contributed by atoms with Crippen LogP contribution in [0.3, 0.4) is 0 Å². The lowest BCUT2D eigenvalue weighted by Crippen LogP contribution is -2.42. The van der Waals surface area contributed by atoms with E-state index in [2.05, 4.69) is 0 Å². The molecule has 0 unspecified atom stereocenters. The Bertz CT molecular complexity index is 464. The fourth-order valence-corrected chi connectivity index (χ4v) is 2.85. The average molecular weight is 278 g/mol. The lowest BCUT2D eigenvalue weighted by Gasteiger charge is -2.26. The smallest absolute Gasteiger partial charge is 0.225 e. The number of carbonyl (C=O) groups is 1. The van der Waals surface area contributed by atoms with Gasteiger partial charge in [0.1, 0.15) is 5.82 Å². The van der Waals surface area contributed by atoms with Crippen molar-refractivity contribution in [3.05, 3.63) is 35.6 Å². The van der Waals surface area contributed by atoms with Gasteiger partial charge in [-0.2, -0.15) is 0 Å². The van der Waals surface area contributed by atoms with Crippen molar-refractivity contribution in [2.45, 2.75) is 38.6 Å². The van der Waals surface area contributed by atoms with Gasteiger partial charge in [0.25, 0.3) is 0 Å². The molecule has 0 aromatic heterocycles. The van der Waals surface area contributed by atoms with E-state index < -0.39 is 0 Å². The molecule has 0 radical (unpaired) electrons. The van der Waals surface area contributed by atoms with Crippen LogP contribution in [0.5, 0.6) is 0 Å². The van der Waals surface area contributed by atoms with Gasteiger partial charge in [-0.05, 0) is 37.3 Å². The van der Waals surface area contributed by atoms with E-state index in [1.807, 2.05) is 17.9 Å². The maximum absolute atomic E-state index is 13.5. The molecule has 0 aliphatic carbocycles. The fourth-order valence-electron chi connectivity index (χ4n) is 2.85. The highest BCUT2D eigenvalue weighted by Crippen LogP contribution is 2.21. The van der Waals surface area contributed by atoms with Crippen LogP contribution in [-0.2, 0) is 11.2 Å². The van der Waals surface area contributed by atoms with E-state index in [1.165, 1.54) is 6.07 Å². The maximum atomic E-state index is 13.5. The molecule has 0 bridgehead atoms. The number of hydrogen-bond acceptors (Lipinski definition) is 2. The molecule has 1 aromatic carbocycles. The summed E-state index contributed by atoms with van der Waals surface area (Å²) in [7, 11) is 0. The fraction of sp³-hybridized carbons (Fsp3) is 0.562. The molecule has 2 atom stereocenters. The van der Waals surface area contributed by atoms with Crippen molar-refractivity contribution in [1.82, 2.24) is 4.90 Å². The Labute approximate surface area is 120 Å². The third-order valence-electron chi connectivity index (χ3n) is 4.16. The van der Waals surface area contributed by atoms with Crippen LogP contribution < -0.4 is 5.73 Å². The topological polar surface area (TPSA) is 46.3 Å². The summed E-state index contributed by atoms with van der Waals surface area (Å²) in [6.45, 7) is 3.27. The summed E-state index contributed by atoms with van der Waals surface area (Å²) in [5.41, 5.74) is 6.39. The third-order valence-corrected chi connectivity index (χ3v) is 4.16. The Morgan fingerprint density at radius 2 is 2.25 bits per heavy atom. The number of nitrogens with two attached hydrogens (primary N) is 1. The minimum Gasteiger partial charge on any atom is -0.338 e. The summed E-state index contributed by atoms with van der Waals surface area (Å²) in [4.78, 5) is 14.3. The predicted octanol–water partition coefficient (Wildman–Crippen LogP) is 2.34. The molecule has 1 fully saturated rings. The van der Waals surface area contributed by atoms with Gasteiger partial charge in [-0.25, -0.2) is 4.39 Å². The first-order valence-electron chi connectivity index (χ1n) is 7.37. The van der Waals surface area contributed by atoms with Gasteiger partial charge in [0.05, 0.1) is 0 Å². The number of likely N-dealkylation sites (tertiary alicyclic amines) is 1. The molecule has 1 saturated heterocycles. The van der Waals surface area contributed by atoms with Gasteiger partial charge >= 0.3 is 0 Å². The molecule has 1 amide bonds. The van der Waals surface area contributed by atoms with E-state index >= 15 is 0 Å². The van der Waals surface area contributed by atoms with Crippen LogP contribution in [0.4, 0.5) is 4.39 Å². The lowest BCUT2D eigenvalue weighted by atomic mass is 9.99. The number of rotatable bonds is 5. The molecule has 4 heteroatoms. The molecular formula is C16H23FN2O. The zero-order chi connectivity index (χ0) is 14.5. The van der Waals surface area contributed by atoms with Crippen LogP contribution >= 0.6 is 0 Å². The largest absolute Gasteiger partial charge is 0.338 e. The molecule has 2 N–H and O–H groups in total. The van der Waals surface area contributed by atoms with Crippen molar-refractivity contribution >= 4 is 5.91 Å². The van der Waals surface area contributed by atoms with Crippen LogP contribution in [0.15, 0.2) is 24.3 Å². The van der Waals surface area contributed by atoms with Gasteiger partial charge < -0.3 is 10.6 Å². The number of carbonyl (C=O) groups excluding carboxylic acids is 1. The maximum Gasteiger partial charge on any atom is 0.225 e. The van der Waals surface area contributed by atoms with Crippen LogP contribution in [0, 0.1) is 11.7 Å². The van der Waals surface area contributed by atoms with Crippen LogP contribution in [0.1, 0.15) is 31.7 Å². The number of amides is 1. The van der Waals surface area contributed by atoms with Gasteiger partial charge in [-0.15, -0.1) is 0 Å². The zero-order valence-electron chi connectivity index (χ0n) is 12.0. The minimum atomic E-state index is -0.187. The van der Waals surface area contributed by atoms with Crippen molar-refractivity contribution in [3.8, 4) is 0 Å². The summed E-state index contributed by atoms with van der Waals surface area (Å²) in [5.74, 6) is -0.107. The van der Waals surface area contributed by atoms with E-state index in [0.29, 0.717) is 24.9 Å². The second-order valence-electron chi connectivity index (χ2n) is 5.59. The van der Waals surface area contributed by atoms with Gasteiger partial charge in [0.15, 0.2) is 0 Å². The highest BCUT2D eigenvalue weighted by Gasteiger charge is 2.30. The molecule has 0 spiro atoms. The Kier molecular flexibility index (Phi) is 5.12. The number of benzene rings is 1. The van der Waals surface area contributed by atoms with E-state index in [0.717, 1.165) is 19.4 Å². The zero-order valence-corrected chi connectivity index (χ0v) is 12.0. The second-order valence-corrected chi connectivity index (χ2v) is 5.59. The van der Waals surface area contributed by atoms with E-state index in [4.69, 9.17) is 5.73 Å². The molecule has 1 heterocycles. The average Bonchev–Trinajstić information content (AvgIpc) is 2.93. The van der Waals surface area contributed by atoms with Gasteiger partial charge in [-0.1, -0.05) is 25.1 Å². The molecule has 20 heavy (non-hydrogen) atoms. The first kappa shape index (κ1) is 15.0. The minimum absolute atomic E-state index is 0.0817.